The van der Waals surface area contributed by atoms with E-state index in [0.717, 1.165) is 12.8 Å². The first-order valence-corrected chi connectivity index (χ1v) is 17.8. The maximum absolute atomic E-state index is 13.4. The molecule has 50 heavy (non-hydrogen) atoms. The molecule has 4 fully saturated rings. The van der Waals surface area contributed by atoms with Crippen LogP contribution in [0.1, 0.15) is 68.2 Å². The van der Waals surface area contributed by atoms with Crippen molar-refractivity contribution in [1.82, 2.24) is 5.32 Å². The molecule has 3 saturated heterocycles. The van der Waals surface area contributed by atoms with Crippen LogP contribution >= 0.6 is 0 Å². The summed E-state index contributed by atoms with van der Waals surface area (Å²) in [5, 5.41) is 46.4. The number of aliphatic hydroxyl groups is 4. The fourth-order valence-corrected chi connectivity index (χ4v) is 6.76. The van der Waals surface area contributed by atoms with E-state index in [2.05, 4.69) is 25.2 Å². The van der Waals surface area contributed by atoms with Gasteiger partial charge < -0.3 is 63.6 Å². The van der Waals surface area contributed by atoms with E-state index in [9.17, 15) is 30.0 Å². The van der Waals surface area contributed by atoms with Crippen LogP contribution in [0.4, 0.5) is 0 Å². The summed E-state index contributed by atoms with van der Waals surface area (Å²) in [5.41, 5.74) is 1.12. The number of ether oxygens (including phenoxy) is 8. The minimum absolute atomic E-state index is 0.0540. The highest BCUT2D eigenvalue weighted by Gasteiger charge is 2.57. The first-order chi connectivity index (χ1) is 23.5. The summed E-state index contributed by atoms with van der Waals surface area (Å²) >= 11 is 0. The first kappa shape index (κ1) is 41.0. The Bertz CT molecular complexity index is 1140. The second kappa shape index (κ2) is 17.8. The molecule has 4 aliphatic rings. The number of esters is 1. The molecule has 0 radical (unpaired) electrons. The SMILES string of the molecule is CC(C)=CC1C(COC(=O)C2O[C@@H](OC(C)C)[C@@H](O)[C@@H](O)[C@@H]2OCCO[C@@H]2OC(C(=O)NCC3CCCO3)[C@@H](OC(C)C)[C@H](O)[C@@H]2O)C1(C)C. The fourth-order valence-electron chi connectivity index (χ4n) is 6.76. The van der Waals surface area contributed by atoms with Crippen molar-refractivity contribution >= 4 is 11.9 Å². The molecule has 0 aromatic carbocycles. The summed E-state index contributed by atoms with van der Waals surface area (Å²) in [6.07, 6.45) is -11.3. The average molecular weight is 718 g/mol. The van der Waals surface area contributed by atoms with E-state index >= 15 is 0 Å². The topological polar surface area (TPSA) is 201 Å². The van der Waals surface area contributed by atoms with Gasteiger partial charge in [-0.15, -0.1) is 0 Å². The van der Waals surface area contributed by atoms with Gasteiger partial charge in [-0.05, 0) is 65.7 Å². The normalized spacial score (nSPS) is 38.2. The van der Waals surface area contributed by atoms with E-state index in [1.807, 2.05) is 13.8 Å². The molecule has 5 N–H and O–H groups in total. The van der Waals surface area contributed by atoms with Crippen LogP contribution in [-0.4, -0.2) is 145 Å². The number of allylic oxidation sites excluding steroid dienone is 2. The minimum Gasteiger partial charge on any atom is -0.463 e. The van der Waals surface area contributed by atoms with Crippen molar-refractivity contribution < 1.29 is 67.9 Å². The molecule has 3 heterocycles. The predicted molar refractivity (Wildman–Crippen MR) is 176 cm³/mol. The van der Waals surface area contributed by atoms with E-state index in [0.29, 0.717) is 6.61 Å². The van der Waals surface area contributed by atoms with Gasteiger partial charge in [-0.1, -0.05) is 25.5 Å². The number of amides is 1. The Morgan fingerprint density at radius 3 is 2.10 bits per heavy atom. The van der Waals surface area contributed by atoms with Crippen LogP contribution in [0.2, 0.25) is 0 Å². The molecule has 0 aromatic rings. The van der Waals surface area contributed by atoms with Crippen molar-refractivity contribution in [3.63, 3.8) is 0 Å². The van der Waals surface area contributed by atoms with Gasteiger partial charge in [0.1, 0.15) is 36.6 Å². The van der Waals surface area contributed by atoms with Gasteiger partial charge in [0.05, 0.1) is 38.1 Å². The first-order valence-electron chi connectivity index (χ1n) is 17.8. The maximum atomic E-state index is 13.4. The number of hydrogen-bond donors (Lipinski definition) is 5. The third-order valence-electron chi connectivity index (χ3n) is 9.68. The number of nitrogens with one attached hydrogen (secondary N) is 1. The highest BCUT2D eigenvalue weighted by atomic mass is 16.7. The molecule has 5 unspecified atom stereocenters. The zero-order valence-electron chi connectivity index (χ0n) is 30.6. The van der Waals surface area contributed by atoms with Crippen molar-refractivity contribution in [3.8, 4) is 0 Å². The Labute approximate surface area is 294 Å². The quantitative estimate of drug-likeness (QED) is 0.0843. The Morgan fingerprint density at radius 2 is 1.48 bits per heavy atom. The second-order valence-corrected chi connectivity index (χ2v) is 15.1. The lowest BCUT2D eigenvalue weighted by molar-refractivity contribution is -0.315. The molecular weight excluding hydrogens is 658 g/mol. The summed E-state index contributed by atoms with van der Waals surface area (Å²) in [4.78, 5) is 26.6. The van der Waals surface area contributed by atoms with Crippen LogP contribution in [0.5, 0.6) is 0 Å². The predicted octanol–water partition coefficient (Wildman–Crippen LogP) is 0.577. The lowest BCUT2D eigenvalue weighted by Crippen LogP contribution is -2.63. The van der Waals surface area contributed by atoms with E-state index in [-0.39, 0.29) is 61.9 Å². The highest BCUT2D eigenvalue weighted by Crippen LogP contribution is 2.59. The van der Waals surface area contributed by atoms with E-state index in [1.165, 1.54) is 5.57 Å². The molecule has 0 bridgehead atoms. The van der Waals surface area contributed by atoms with Gasteiger partial charge in [0.25, 0.3) is 5.91 Å². The minimum atomic E-state index is -1.59. The number of aliphatic hydroxyl groups excluding tert-OH is 4. The molecule has 288 valence electrons. The largest absolute Gasteiger partial charge is 0.463 e. The summed E-state index contributed by atoms with van der Waals surface area (Å²) < 4.78 is 45.8. The van der Waals surface area contributed by atoms with Gasteiger partial charge in [0, 0.05) is 19.1 Å². The zero-order valence-corrected chi connectivity index (χ0v) is 30.6. The van der Waals surface area contributed by atoms with Gasteiger partial charge in [-0.25, -0.2) is 4.79 Å². The van der Waals surface area contributed by atoms with Crippen molar-refractivity contribution in [2.45, 2.75) is 148 Å². The monoisotopic (exact) mass is 717 g/mol. The average Bonchev–Trinajstić information content (AvgIpc) is 3.34. The Hall–Kier alpha value is -1.76. The standard InChI is InChI=1S/C35H59NO14/c1-17(2)14-21-22(35(21,7)8)16-46-32(42)30-27(23(37)26(40)34(50-30)48-19(5)6)44-12-13-45-33-25(39)24(38)28(47-18(3)4)29(49-33)31(41)36-15-20-10-9-11-43-20/h14,18-30,33-34,37-40H,9-13,15-16H2,1-8H3,(H,36,41)/t20?,21?,22?,23-,24-,25+,26+,27+,28+,29?,30?,33-,34-/m1/s1. The molecule has 15 nitrogen and oxygen atoms in total. The van der Waals surface area contributed by atoms with Crippen LogP contribution in [0.15, 0.2) is 11.6 Å². The summed E-state index contributed by atoms with van der Waals surface area (Å²) in [6, 6.07) is 0. The van der Waals surface area contributed by atoms with Gasteiger partial charge in [-0.2, -0.15) is 0 Å². The Morgan fingerprint density at radius 1 is 0.860 bits per heavy atom. The molecule has 13 atom stereocenters. The van der Waals surface area contributed by atoms with Gasteiger partial charge in [0.15, 0.2) is 24.8 Å². The third kappa shape index (κ3) is 10.2. The van der Waals surface area contributed by atoms with E-state index in [1.54, 1.807) is 27.7 Å². The number of hydrogen-bond acceptors (Lipinski definition) is 14. The van der Waals surface area contributed by atoms with Crippen molar-refractivity contribution in [3.05, 3.63) is 11.6 Å². The molecule has 15 heteroatoms. The van der Waals surface area contributed by atoms with Crippen molar-refractivity contribution in [2.75, 3.05) is 33.0 Å². The fraction of sp³-hybridized carbons (Fsp3) is 0.886. The molecule has 4 rings (SSSR count). The number of rotatable bonds is 16. The summed E-state index contributed by atoms with van der Waals surface area (Å²) in [5.74, 6) is -0.989. The maximum Gasteiger partial charge on any atom is 0.338 e. The van der Waals surface area contributed by atoms with Crippen LogP contribution in [0, 0.1) is 17.3 Å². The van der Waals surface area contributed by atoms with Gasteiger partial charge in [-0.3, -0.25) is 4.79 Å². The second-order valence-electron chi connectivity index (χ2n) is 15.1. The van der Waals surface area contributed by atoms with Crippen LogP contribution < -0.4 is 5.32 Å². The van der Waals surface area contributed by atoms with Crippen LogP contribution in [0.25, 0.3) is 0 Å². The van der Waals surface area contributed by atoms with Crippen molar-refractivity contribution in [1.29, 1.82) is 0 Å². The molecular formula is C35H59NO14. The Balaban J connectivity index is 1.37. The number of carbonyl (C=O) groups is 2. The molecule has 1 aliphatic carbocycles. The van der Waals surface area contributed by atoms with Gasteiger partial charge >= 0.3 is 5.97 Å². The number of carbonyl (C=O) groups excluding carboxylic acids is 2. The van der Waals surface area contributed by atoms with E-state index in [4.69, 9.17) is 37.9 Å². The summed E-state index contributed by atoms with van der Waals surface area (Å²) in [6.45, 7) is 15.6. The van der Waals surface area contributed by atoms with Crippen LogP contribution in [0.3, 0.4) is 0 Å². The lowest BCUT2D eigenvalue weighted by Gasteiger charge is -2.42. The third-order valence-corrected chi connectivity index (χ3v) is 9.68. The lowest BCUT2D eigenvalue weighted by atomic mass is 9.97. The summed E-state index contributed by atoms with van der Waals surface area (Å²) in [7, 11) is 0. The van der Waals surface area contributed by atoms with Crippen molar-refractivity contribution in [2.24, 2.45) is 17.3 Å². The van der Waals surface area contributed by atoms with Gasteiger partial charge in [0.2, 0.25) is 0 Å². The smallest absolute Gasteiger partial charge is 0.338 e. The molecule has 3 aliphatic heterocycles. The zero-order chi connectivity index (χ0) is 36.9. The Kier molecular flexibility index (Phi) is 14.6. The molecule has 0 aromatic heterocycles. The van der Waals surface area contributed by atoms with Crippen LogP contribution in [-0.2, 0) is 47.5 Å². The van der Waals surface area contributed by atoms with E-state index < -0.39 is 73.3 Å². The highest BCUT2D eigenvalue weighted by molar-refractivity contribution is 5.81. The molecule has 0 spiro atoms. The molecule has 1 amide bonds. The molecule has 1 saturated carbocycles.